The molecule has 1 aromatic heterocycles. The molecule has 2 heterocycles. The fraction of sp³-hybridized carbons (Fsp3) is 0.357. The van der Waals surface area contributed by atoms with Crippen molar-refractivity contribution >= 4 is 11.0 Å². The average Bonchev–Trinajstić information content (AvgIpc) is 2.83. The Bertz CT molecular complexity index is 686. The zero-order valence-electron chi connectivity index (χ0n) is 10.4. The lowest BCUT2D eigenvalue weighted by Gasteiger charge is -2.26. The van der Waals surface area contributed by atoms with Crippen LogP contribution in [0, 0.1) is 0 Å². The lowest BCUT2D eigenvalue weighted by molar-refractivity contribution is -0.0729. The summed E-state index contributed by atoms with van der Waals surface area (Å²) in [7, 11) is 0. The molecule has 0 bridgehead atoms. The minimum Gasteiger partial charge on any atom is -0.487 e. The maximum atomic E-state index is 11.3. The highest BCUT2D eigenvalue weighted by atomic mass is 16.5. The number of ether oxygens (including phenoxy) is 1. The zero-order chi connectivity index (χ0) is 13.6. The fourth-order valence-electron chi connectivity index (χ4n) is 2.30. The van der Waals surface area contributed by atoms with Crippen LogP contribution in [0.3, 0.4) is 0 Å². The third-order valence-corrected chi connectivity index (χ3v) is 3.52. The van der Waals surface area contributed by atoms with Gasteiger partial charge in [-0.25, -0.2) is 4.79 Å². The van der Waals surface area contributed by atoms with E-state index in [0.29, 0.717) is 17.8 Å². The summed E-state index contributed by atoms with van der Waals surface area (Å²) in [6.45, 7) is 1.12. The van der Waals surface area contributed by atoms with Crippen LogP contribution >= 0.6 is 0 Å². The predicted molar refractivity (Wildman–Crippen MR) is 68.3 cm³/mol. The van der Waals surface area contributed by atoms with E-state index >= 15 is 0 Å². The summed E-state index contributed by atoms with van der Waals surface area (Å²) in [5.41, 5.74) is -0.506. The van der Waals surface area contributed by atoms with E-state index in [-0.39, 0.29) is 0 Å². The summed E-state index contributed by atoms with van der Waals surface area (Å²) in [6.07, 6.45) is -0.156. The molecule has 1 aliphatic rings. The molecule has 0 fully saturated rings. The van der Waals surface area contributed by atoms with Crippen LogP contribution in [0.5, 0.6) is 5.75 Å². The Hall–Kier alpha value is -1.85. The first kappa shape index (κ1) is 12.2. The molecule has 2 N–H and O–H groups in total. The molecule has 0 saturated heterocycles. The molecule has 0 aliphatic carbocycles. The molecule has 0 amide bonds. The van der Waals surface area contributed by atoms with Crippen LogP contribution < -0.4 is 10.4 Å². The first-order valence-electron chi connectivity index (χ1n) is 6.07. The van der Waals surface area contributed by atoms with E-state index in [1.54, 1.807) is 18.2 Å². The van der Waals surface area contributed by atoms with Crippen LogP contribution in [0.1, 0.15) is 12.5 Å². The van der Waals surface area contributed by atoms with Crippen molar-refractivity contribution in [1.82, 2.24) is 0 Å². The third-order valence-electron chi connectivity index (χ3n) is 3.52. The van der Waals surface area contributed by atoms with Gasteiger partial charge in [0.2, 0.25) is 0 Å². The van der Waals surface area contributed by atoms with Gasteiger partial charge in [-0.15, -0.1) is 0 Å². The van der Waals surface area contributed by atoms with Gasteiger partial charge in [0.05, 0.1) is 6.61 Å². The summed E-state index contributed by atoms with van der Waals surface area (Å²) >= 11 is 0. The molecule has 1 unspecified atom stereocenters. The van der Waals surface area contributed by atoms with E-state index in [1.165, 1.54) is 13.0 Å². The highest BCUT2D eigenvalue weighted by Gasteiger charge is 2.39. The number of benzene rings is 1. The van der Waals surface area contributed by atoms with Gasteiger partial charge in [-0.2, -0.15) is 0 Å². The van der Waals surface area contributed by atoms with Crippen LogP contribution in [0.2, 0.25) is 0 Å². The van der Waals surface area contributed by atoms with Crippen molar-refractivity contribution in [3.05, 3.63) is 40.2 Å². The van der Waals surface area contributed by atoms with Crippen molar-refractivity contribution in [2.75, 3.05) is 6.61 Å². The summed E-state index contributed by atoms with van der Waals surface area (Å²) in [6, 6.07) is 6.64. The number of fused-ring (bicyclic) bond motifs is 3. The Morgan fingerprint density at radius 1 is 1.37 bits per heavy atom. The summed E-state index contributed by atoms with van der Waals surface area (Å²) in [5, 5.41) is 20.1. The molecule has 0 radical (unpaired) electrons. The van der Waals surface area contributed by atoms with Crippen molar-refractivity contribution in [2.45, 2.75) is 25.0 Å². The maximum Gasteiger partial charge on any atom is 0.336 e. The third kappa shape index (κ3) is 1.91. The average molecular weight is 262 g/mol. The molecular weight excluding hydrogens is 248 g/mol. The van der Waals surface area contributed by atoms with Crippen LogP contribution in [-0.4, -0.2) is 28.5 Å². The van der Waals surface area contributed by atoms with Crippen molar-refractivity contribution in [3.63, 3.8) is 0 Å². The van der Waals surface area contributed by atoms with E-state index in [0.717, 1.165) is 10.9 Å². The molecule has 0 spiro atoms. The molecule has 5 heteroatoms. The number of hydrogen-bond acceptors (Lipinski definition) is 5. The Morgan fingerprint density at radius 2 is 2.11 bits per heavy atom. The van der Waals surface area contributed by atoms with Crippen molar-refractivity contribution in [2.24, 2.45) is 0 Å². The largest absolute Gasteiger partial charge is 0.487 e. The number of hydrogen-bond donors (Lipinski definition) is 2. The van der Waals surface area contributed by atoms with E-state index in [9.17, 15) is 15.0 Å². The molecule has 1 aromatic carbocycles. The van der Waals surface area contributed by atoms with Crippen molar-refractivity contribution in [1.29, 1.82) is 0 Å². The van der Waals surface area contributed by atoms with Gasteiger partial charge in [-0.3, -0.25) is 0 Å². The van der Waals surface area contributed by atoms with E-state index in [1.807, 2.05) is 0 Å². The second-order valence-electron chi connectivity index (χ2n) is 5.04. The standard InChI is InChI=1S/C14H14O5/c1-14(17,7-15)11-6-9-10(18-11)4-2-8-3-5-12(16)19-13(8)9/h2-5,11,15,17H,6-7H2,1H3/t11-,14?/m0/s1. The zero-order valence-corrected chi connectivity index (χ0v) is 10.4. The van der Waals surface area contributed by atoms with Gasteiger partial charge in [0.25, 0.3) is 0 Å². The van der Waals surface area contributed by atoms with Gasteiger partial charge in [-0.05, 0) is 25.1 Å². The number of aliphatic hydroxyl groups is 2. The molecule has 0 saturated carbocycles. The summed E-state index contributed by atoms with van der Waals surface area (Å²) in [4.78, 5) is 11.3. The monoisotopic (exact) mass is 262 g/mol. The van der Waals surface area contributed by atoms with Crippen molar-refractivity contribution in [3.8, 4) is 5.75 Å². The van der Waals surface area contributed by atoms with E-state index in [4.69, 9.17) is 9.15 Å². The van der Waals surface area contributed by atoms with Crippen LogP contribution in [0.4, 0.5) is 0 Å². The summed E-state index contributed by atoms with van der Waals surface area (Å²) < 4.78 is 10.9. The highest BCUT2D eigenvalue weighted by molar-refractivity contribution is 5.82. The topological polar surface area (TPSA) is 79.9 Å². The van der Waals surface area contributed by atoms with Gasteiger partial charge < -0.3 is 19.4 Å². The van der Waals surface area contributed by atoms with Gasteiger partial charge in [0, 0.05) is 23.4 Å². The van der Waals surface area contributed by atoms with Crippen molar-refractivity contribution < 1.29 is 19.4 Å². The minimum absolute atomic E-state index is 0.395. The molecule has 5 nitrogen and oxygen atoms in total. The SMILES string of the molecule is CC(O)(CO)[C@@H]1Cc2c(ccc3ccc(=O)oc23)O1. The van der Waals surface area contributed by atoms with E-state index in [2.05, 4.69) is 0 Å². The Labute approximate surface area is 109 Å². The smallest absolute Gasteiger partial charge is 0.336 e. The second-order valence-corrected chi connectivity index (χ2v) is 5.04. The normalized spacial score (nSPS) is 20.9. The molecule has 19 heavy (non-hydrogen) atoms. The number of rotatable bonds is 2. The molecular formula is C14H14O5. The Balaban J connectivity index is 2.10. The Kier molecular flexibility index (Phi) is 2.62. The molecule has 1 aliphatic heterocycles. The lowest BCUT2D eigenvalue weighted by Crippen LogP contribution is -2.45. The van der Waals surface area contributed by atoms with E-state index < -0.39 is 23.9 Å². The maximum absolute atomic E-state index is 11.3. The number of aliphatic hydroxyl groups excluding tert-OH is 1. The highest BCUT2D eigenvalue weighted by Crippen LogP contribution is 2.37. The van der Waals surface area contributed by atoms with Crippen LogP contribution in [-0.2, 0) is 6.42 Å². The van der Waals surface area contributed by atoms with Gasteiger partial charge in [0.1, 0.15) is 23.0 Å². The minimum atomic E-state index is -1.33. The quantitative estimate of drug-likeness (QED) is 0.784. The van der Waals surface area contributed by atoms with Crippen LogP contribution in [0.15, 0.2) is 33.5 Å². The van der Waals surface area contributed by atoms with Crippen LogP contribution in [0.25, 0.3) is 11.0 Å². The molecule has 100 valence electrons. The lowest BCUT2D eigenvalue weighted by atomic mass is 9.95. The fourth-order valence-corrected chi connectivity index (χ4v) is 2.30. The van der Waals surface area contributed by atoms with Gasteiger partial charge in [0.15, 0.2) is 0 Å². The first-order chi connectivity index (χ1) is 9.01. The van der Waals surface area contributed by atoms with Gasteiger partial charge in [-0.1, -0.05) is 0 Å². The molecule has 3 rings (SSSR count). The Morgan fingerprint density at radius 3 is 2.84 bits per heavy atom. The van der Waals surface area contributed by atoms with Gasteiger partial charge >= 0.3 is 5.63 Å². The predicted octanol–water partition coefficient (Wildman–Crippen LogP) is 0.840. The molecule has 2 aromatic rings. The second kappa shape index (κ2) is 4.08. The first-order valence-corrected chi connectivity index (χ1v) is 6.07. The summed E-state index contributed by atoms with van der Waals surface area (Å²) in [5.74, 6) is 0.584. The molecule has 2 atom stereocenters.